The lowest BCUT2D eigenvalue weighted by atomic mass is 9.53. The Bertz CT molecular complexity index is 1660. The zero-order valence-electron chi connectivity index (χ0n) is 23.5. The van der Waals surface area contributed by atoms with Crippen molar-refractivity contribution in [3.8, 4) is 22.6 Å². The van der Waals surface area contributed by atoms with Crippen molar-refractivity contribution in [2.75, 3.05) is 6.61 Å². The van der Waals surface area contributed by atoms with Gasteiger partial charge in [0.15, 0.2) is 0 Å². The zero-order valence-corrected chi connectivity index (χ0v) is 23.5. The number of rotatable bonds is 9. The molecule has 10 heteroatoms. The molecule has 2 aliphatic carbocycles. The van der Waals surface area contributed by atoms with Gasteiger partial charge in [-0.25, -0.2) is 8.91 Å². The van der Waals surface area contributed by atoms with Crippen molar-refractivity contribution in [2.45, 2.75) is 57.3 Å². The Kier molecular flexibility index (Phi) is 6.89. The molecule has 218 valence electrons. The van der Waals surface area contributed by atoms with E-state index in [-0.39, 0.29) is 35.9 Å². The number of primary amides is 1. The number of ether oxygens (including phenoxy) is 2. The Morgan fingerprint density at radius 2 is 1.86 bits per heavy atom. The van der Waals surface area contributed by atoms with Gasteiger partial charge in [-0.05, 0) is 92.5 Å². The monoisotopic (exact) mass is 572 g/mol. The molecule has 6 rings (SSSR count). The first-order valence-corrected chi connectivity index (χ1v) is 14.0. The van der Waals surface area contributed by atoms with E-state index in [1.807, 2.05) is 0 Å². The second-order valence-electron chi connectivity index (χ2n) is 12.2. The highest BCUT2D eigenvalue weighted by Crippen LogP contribution is 2.57. The van der Waals surface area contributed by atoms with Crippen molar-refractivity contribution >= 4 is 17.3 Å². The lowest BCUT2D eigenvalue weighted by Gasteiger charge is -2.57. The number of fused-ring (bicyclic) bond motifs is 1. The lowest BCUT2D eigenvalue weighted by molar-refractivity contribution is -0.0834. The smallest absolute Gasteiger partial charge is 0.255 e. The Labute approximate surface area is 242 Å². The molecule has 4 N–H and O–H groups in total. The fourth-order valence-corrected chi connectivity index (χ4v) is 6.01. The van der Waals surface area contributed by atoms with Crippen molar-refractivity contribution < 1.29 is 28.6 Å². The molecule has 0 saturated heterocycles. The van der Waals surface area contributed by atoms with Crippen LogP contribution in [0.2, 0.25) is 0 Å². The van der Waals surface area contributed by atoms with Gasteiger partial charge in [-0.3, -0.25) is 9.59 Å². The third-order valence-corrected chi connectivity index (χ3v) is 8.04. The van der Waals surface area contributed by atoms with Crippen LogP contribution in [0.3, 0.4) is 0 Å². The number of benzene rings is 2. The van der Waals surface area contributed by atoms with Gasteiger partial charge in [0.1, 0.15) is 23.9 Å². The Balaban J connectivity index is 1.04. The van der Waals surface area contributed by atoms with Crippen molar-refractivity contribution in [3.05, 3.63) is 83.9 Å². The third kappa shape index (κ3) is 5.67. The molecule has 2 heterocycles. The minimum absolute atomic E-state index is 0.0558. The van der Waals surface area contributed by atoms with Crippen molar-refractivity contribution in [1.82, 2.24) is 14.9 Å². The van der Waals surface area contributed by atoms with E-state index < -0.39 is 11.5 Å². The van der Waals surface area contributed by atoms with Crippen LogP contribution in [0.1, 0.15) is 60.2 Å². The number of pyridine rings is 1. The van der Waals surface area contributed by atoms with Gasteiger partial charge in [0.2, 0.25) is 0 Å². The number of halogens is 1. The summed E-state index contributed by atoms with van der Waals surface area (Å²) in [4.78, 5) is 25.1. The molecule has 2 fully saturated rings. The van der Waals surface area contributed by atoms with Crippen LogP contribution >= 0.6 is 0 Å². The summed E-state index contributed by atoms with van der Waals surface area (Å²) in [6.45, 7) is 3.46. The highest BCUT2D eigenvalue weighted by atomic mass is 19.1. The topological polar surface area (TPSA) is 128 Å². The Morgan fingerprint density at radius 3 is 2.57 bits per heavy atom. The number of hydrogen-bond donors (Lipinski definition) is 3. The second kappa shape index (κ2) is 10.4. The molecule has 4 aromatic rings. The lowest BCUT2D eigenvalue weighted by Crippen LogP contribution is -2.58. The first-order chi connectivity index (χ1) is 20.0. The molecule has 2 aromatic heterocycles. The van der Waals surface area contributed by atoms with Gasteiger partial charge in [0.05, 0.1) is 40.7 Å². The van der Waals surface area contributed by atoms with Crippen LogP contribution in [0, 0.1) is 11.2 Å². The maximum absolute atomic E-state index is 13.8. The number of carbonyl (C=O) groups excluding carboxylic acids is 2. The summed E-state index contributed by atoms with van der Waals surface area (Å²) in [6.07, 6.45) is 6.47. The van der Waals surface area contributed by atoms with Gasteiger partial charge in [-0.1, -0.05) is 18.2 Å². The van der Waals surface area contributed by atoms with E-state index in [0.29, 0.717) is 33.7 Å². The molecule has 0 radical (unpaired) electrons. The number of aromatic nitrogens is 2. The van der Waals surface area contributed by atoms with Crippen LogP contribution in [-0.2, 0) is 0 Å². The third-order valence-electron chi connectivity index (χ3n) is 8.04. The molecule has 2 aromatic carbocycles. The number of amides is 2. The maximum atomic E-state index is 13.8. The fraction of sp³-hybridized carbons (Fsp3) is 0.344. The molecule has 2 saturated carbocycles. The summed E-state index contributed by atoms with van der Waals surface area (Å²) in [5.41, 5.74) is 7.59. The Morgan fingerprint density at radius 1 is 1.10 bits per heavy atom. The molecule has 42 heavy (non-hydrogen) atoms. The molecule has 9 nitrogen and oxygen atoms in total. The van der Waals surface area contributed by atoms with Gasteiger partial charge in [-0.15, -0.1) is 0 Å². The largest absolute Gasteiger partial charge is 0.490 e. The quantitative estimate of drug-likeness (QED) is 0.271. The molecule has 1 spiro atoms. The number of aliphatic hydroxyl groups is 1. The molecular weight excluding hydrogens is 539 g/mol. The van der Waals surface area contributed by atoms with Crippen molar-refractivity contribution in [2.24, 2.45) is 11.1 Å². The second-order valence-corrected chi connectivity index (χ2v) is 12.2. The highest BCUT2D eigenvalue weighted by Gasteiger charge is 2.54. The van der Waals surface area contributed by atoms with Gasteiger partial charge in [0, 0.05) is 6.04 Å². The maximum Gasteiger partial charge on any atom is 0.255 e. The summed E-state index contributed by atoms with van der Waals surface area (Å²) in [6, 6.07) is 14.9. The van der Waals surface area contributed by atoms with E-state index >= 15 is 0 Å². The average molecular weight is 573 g/mol. The van der Waals surface area contributed by atoms with Gasteiger partial charge in [-0.2, -0.15) is 5.10 Å². The number of hydrogen-bond acceptors (Lipinski definition) is 6. The number of nitrogens with two attached hydrogens (primary N) is 1. The fourth-order valence-electron chi connectivity index (χ4n) is 6.01. The molecule has 0 atom stereocenters. The first kappa shape index (κ1) is 27.7. The van der Waals surface area contributed by atoms with Crippen LogP contribution in [0.15, 0.2) is 67.0 Å². The van der Waals surface area contributed by atoms with Gasteiger partial charge < -0.3 is 25.6 Å². The van der Waals surface area contributed by atoms with Crippen LogP contribution in [0.25, 0.3) is 16.6 Å². The Hall–Kier alpha value is -4.44. The average Bonchev–Trinajstić information content (AvgIpc) is 3.32. The number of nitrogens with zero attached hydrogens (tertiary/aromatic N) is 2. The summed E-state index contributed by atoms with van der Waals surface area (Å²) < 4.78 is 27.2. The SMILES string of the molecule is CC(C)(O)COc1ccc2c(C(=O)NC3CC4(C3)CC(Oc3cc(-c5cccc(F)c5)ccc3C(N)=O)C4)cnn2c1. The minimum Gasteiger partial charge on any atom is -0.490 e. The predicted octanol–water partition coefficient (Wildman–Crippen LogP) is 4.51. The van der Waals surface area contributed by atoms with E-state index in [1.54, 1.807) is 73.2 Å². The molecule has 0 unspecified atom stereocenters. The van der Waals surface area contributed by atoms with Crippen molar-refractivity contribution in [1.29, 1.82) is 0 Å². The number of carbonyl (C=O) groups is 2. The van der Waals surface area contributed by atoms with Gasteiger partial charge in [0.25, 0.3) is 11.8 Å². The molecular formula is C32H33FN4O5. The summed E-state index contributed by atoms with van der Waals surface area (Å²) in [5, 5.41) is 17.3. The standard InChI is InChI=1S/C32H33FN4O5/c1-31(2,40)18-41-23-7-9-27-26(16-35-37(27)17-23)30(39)36-22-12-32(13-22)14-24(15-32)42-28-11-20(6-8-25(28)29(34)38)19-4-3-5-21(33)10-19/h3-11,16-17,22,24,40H,12-15,18H2,1-2H3,(H2,34,38)(H,36,39). The molecule has 2 amide bonds. The molecule has 0 aliphatic heterocycles. The molecule has 2 aliphatic rings. The summed E-state index contributed by atoms with van der Waals surface area (Å²) in [5.74, 6) is -0.157. The zero-order chi connectivity index (χ0) is 29.6. The van der Waals surface area contributed by atoms with Crippen molar-refractivity contribution in [3.63, 3.8) is 0 Å². The summed E-state index contributed by atoms with van der Waals surface area (Å²) in [7, 11) is 0. The van der Waals surface area contributed by atoms with E-state index in [4.69, 9.17) is 15.2 Å². The van der Waals surface area contributed by atoms with Crippen LogP contribution in [-0.4, -0.2) is 50.9 Å². The van der Waals surface area contributed by atoms with Crippen LogP contribution < -0.4 is 20.5 Å². The van der Waals surface area contributed by atoms with E-state index in [9.17, 15) is 19.1 Å². The van der Waals surface area contributed by atoms with Crippen LogP contribution in [0.4, 0.5) is 4.39 Å². The van der Waals surface area contributed by atoms with E-state index in [1.165, 1.54) is 12.1 Å². The van der Waals surface area contributed by atoms with E-state index in [0.717, 1.165) is 31.2 Å². The summed E-state index contributed by atoms with van der Waals surface area (Å²) >= 11 is 0. The normalized spacial score (nSPS) is 21.4. The number of nitrogens with one attached hydrogen (secondary N) is 1. The van der Waals surface area contributed by atoms with Gasteiger partial charge >= 0.3 is 0 Å². The van der Waals surface area contributed by atoms with Crippen LogP contribution in [0.5, 0.6) is 11.5 Å². The minimum atomic E-state index is -0.960. The predicted molar refractivity (Wildman–Crippen MR) is 154 cm³/mol. The first-order valence-electron chi connectivity index (χ1n) is 14.0. The van der Waals surface area contributed by atoms with E-state index in [2.05, 4.69) is 10.4 Å². The molecule has 0 bridgehead atoms. The highest BCUT2D eigenvalue weighted by molar-refractivity contribution is 6.00.